The summed E-state index contributed by atoms with van der Waals surface area (Å²) in [5.74, 6) is 0.681. The number of rotatable bonds is 9. The zero-order valence-corrected chi connectivity index (χ0v) is 17.3. The van der Waals surface area contributed by atoms with Crippen LogP contribution in [0, 0.1) is 11.8 Å². The first-order valence-corrected chi connectivity index (χ1v) is 11.2. The molecular weight excluding hydrogens is 378 g/mol. The summed E-state index contributed by atoms with van der Waals surface area (Å²) >= 11 is 0. The quantitative estimate of drug-likeness (QED) is 0.526. The molecule has 0 bridgehead atoms. The van der Waals surface area contributed by atoms with Gasteiger partial charge in [0.15, 0.2) is 0 Å². The van der Waals surface area contributed by atoms with Crippen LogP contribution in [-0.4, -0.2) is 59.0 Å². The Balaban J connectivity index is 0.00000338. The molecule has 3 atom stereocenters. The van der Waals surface area contributed by atoms with Crippen molar-refractivity contribution < 1.29 is 17.9 Å². The van der Waals surface area contributed by atoms with Crippen LogP contribution < -0.4 is 15.4 Å². The molecule has 2 aliphatic heterocycles. The van der Waals surface area contributed by atoms with Crippen molar-refractivity contribution in [2.75, 3.05) is 38.5 Å². The van der Waals surface area contributed by atoms with Gasteiger partial charge >= 0.3 is 0 Å². The van der Waals surface area contributed by atoms with Gasteiger partial charge in [-0.05, 0) is 57.0 Å². The van der Waals surface area contributed by atoms with Gasteiger partial charge in [0.05, 0.1) is 11.9 Å². The highest BCUT2D eigenvalue weighted by Crippen LogP contribution is 2.22. The van der Waals surface area contributed by atoms with E-state index in [2.05, 4.69) is 22.3 Å². The lowest BCUT2D eigenvalue weighted by Crippen LogP contribution is -2.40. The maximum atomic E-state index is 12.0. The fourth-order valence-electron chi connectivity index (χ4n) is 3.48. The number of carbonyl (C=O) groups excluding carboxylic acids is 1. The van der Waals surface area contributed by atoms with Gasteiger partial charge in [-0.1, -0.05) is 6.92 Å². The van der Waals surface area contributed by atoms with Crippen LogP contribution in [0.3, 0.4) is 0 Å². The highest BCUT2D eigenvalue weighted by atomic mass is 35.5. The third-order valence-electron chi connectivity index (χ3n) is 5.14. The average Bonchev–Trinajstić information content (AvgIpc) is 2.61. The summed E-state index contributed by atoms with van der Waals surface area (Å²) in [6.07, 6.45) is 5.77. The number of ether oxygens (including phenoxy) is 1. The van der Waals surface area contributed by atoms with Crippen molar-refractivity contribution in [2.45, 2.75) is 51.6 Å². The van der Waals surface area contributed by atoms with Crippen LogP contribution in [0.15, 0.2) is 0 Å². The van der Waals surface area contributed by atoms with Crippen molar-refractivity contribution in [2.24, 2.45) is 11.8 Å². The van der Waals surface area contributed by atoms with E-state index in [1.807, 2.05) is 0 Å². The molecule has 0 spiro atoms. The second kappa shape index (κ2) is 12.1. The van der Waals surface area contributed by atoms with Crippen LogP contribution in [0.25, 0.3) is 0 Å². The largest absolute Gasteiger partial charge is 0.377 e. The van der Waals surface area contributed by atoms with Gasteiger partial charge in [-0.3, -0.25) is 4.79 Å². The van der Waals surface area contributed by atoms with Gasteiger partial charge in [-0.25, -0.2) is 13.1 Å². The smallest absolute Gasteiger partial charge is 0.220 e. The van der Waals surface area contributed by atoms with Gasteiger partial charge in [0, 0.05) is 26.1 Å². The normalized spacial score (nSPS) is 25.1. The lowest BCUT2D eigenvalue weighted by atomic mass is 9.85. The molecule has 9 heteroatoms. The number of carbonyl (C=O) groups is 1. The third kappa shape index (κ3) is 8.99. The van der Waals surface area contributed by atoms with Crippen molar-refractivity contribution in [3.8, 4) is 0 Å². The van der Waals surface area contributed by atoms with Crippen LogP contribution in [0.4, 0.5) is 0 Å². The first-order valence-electron chi connectivity index (χ1n) is 9.52. The second-order valence-corrected chi connectivity index (χ2v) is 9.22. The predicted octanol–water partition coefficient (Wildman–Crippen LogP) is 1.04. The SMILES string of the molecule is CC(CC(=O)NCCS(=O)(=O)NCC1CCCCO1)C1CCCNC1.Cl. The molecule has 154 valence electrons. The van der Waals surface area contributed by atoms with Crippen LogP contribution >= 0.6 is 12.4 Å². The summed E-state index contributed by atoms with van der Waals surface area (Å²) in [5.41, 5.74) is 0. The van der Waals surface area contributed by atoms with Gasteiger partial charge in [-0.15, -0.1) is 12.4 Å². The minimum absolute atomic E-state index is 0. The highest BCUT2D eigenvalue weighted by Gasteiger charge is 2.22. The fourth-order valence-corrected chi connectivity index (χ4v) is 4.44. The molecule has 7 nitrogen and oxygen atoms in total. The molecule has 2 fully saturated rings. The van der Waals surface area contributed by atoms with Gasteiger partial charge in [0.1, 0.15) is 0 Å². The van der Waals surface area contributed by atoms with E-state index in [0.717, 1.165) is 45.2 Å². The molecule has 26 heavy (non-hydrogen) atoms. The zero-order valence-electron chi connectivity index (χ0n) is 15.7. The number of hydrogen-bond donors (Lipinski definition) is 3. The van der Waals surface area contributed by atoms with Gasteiger partial charge in [-0.2, -0.15) is 0 Å². The maximum absolute atomic E-state index is 12.0. The Morgan fingerprint density at radius 1 is 1.27 bits per heavy atom. The van der Waals surface area contributed by atoms with Gasteiger partial charge < -0.3 is 15.4 Å². The number of nitrogens with one attached hydrogen (secondary N) is 3. The summed E-state index contributed by atoms with van der Waals surface area (Å²) in [6, 6.07) is 0. The zero-order chi connectivity index (χ0) is 18.1. The Morgan fingerprint density at radius 3 is 2.73 bits per heavy atom. The maximum Gasteiger partial charge on any atom is 0.220 e. The average molecular weight is 412 g/mol. The number of amides is 1. The Kier molecular flexibility index (Phi) is 11.0. The van der Waals surface area contributed by atoms with E-state index in [4.69, 9.17) is 4.74 Å². The van der Waals surface area contributed by atoms with E-state index in [9.17, 15) is 13.2 Å². The number of halogens is 1. The second-order valence-electron chi connectivity index (χ2n) is 7.29. The predicted molar refractivity (Wildman–Crippen MR) is 105 cm³/mol. The highest BCUT2D eigenvalue weighted by molar-refractivity contribution is 7.89. The molecule has 2 saturated heterocycles. The first-order chi connectivity index (χ1) is 12.0. The molecule has 3 N–H and O–H groups in total. The Bertz CT molecular complexity index is 506. The molecule has 3 unspecified atom stereocenters. The molecular formula is C17H34ClN3O4S. The van der Waals surface area contributed by atoms with E-state index in [0.29, 0.717) is 31.4 Å². The number of hydrogen-bond acceptors (Lipinski definition) is 5. The van der Waals surface area contributed by atoms with Crippen molar-refractivity contribution in [1.29, 1.82) is 0 Å². The monoisotopic (exact) mass is 411 g/mol. The lowest BCUT2D eigenvalue weighted by molar-refractivity contribution is -0.122. The Labute approximate surface area is 163 Å². The molecule has 2 heterocycles. The Hall–Kier alpha value is -0.410. The van der Waals surface area contributed by atoms with Crippen molar-refractivity contribution >= 4 is 28.3 Å². The Morgan fingerprint density at radius 2 is 2.08 bits per heavy atom. The topological polar surface area (TPSA) is 96.5 Å². The molecule has 2 rings (SSSR count). The van der Waals surface area contributed by atoms with Crippen LogP contribution in [0.2, 0.25) is 0 Å². The molecule has 0 aromatic rings. The van der Waals surface area contributed by atoms with Gasteiger partial charge in [0.2, 0.25) is 15.9 Å². The van der Waals surface area contributed by atoms with Crippen molar-refractivity contribution in [3.05, 3.63) is 0 Å². The number of piperidine rings is 1. The standard InChI is InChI=1S/C17H33N3O4S.ClH/c1-14(15-5-4-7-18-12-15)11-17(21)19-8-10-25(22,23)20-13-16-6-2-3-9-24-16;/h14-16,18,20H,2-13H2,1H3,(H,19,21);1H. The van der Waals surface area contributed by atoms with E-state index < -0.39 is 10.0 Å². The first kappa shape index (κ1) is 23.6. The summed E-state index contributed by atoms with van der Waals surface area (Å²) in [5, 5.41) is 6.10. The van der Waals surface area contributed by atoms with Crippen molar-refractivity contribution in [3.63, 3.8) is 0 Å². The van der Waals surface area contributed by atoms with Crippen molar-refractivity contribution in [1.82, 2.24) is 15.4 Å². The molecule has 2 aliphatic rings. The minimum atomic E-state index is -3.38. The van der Waals surface area contributed by atoms with Crippen LogP contribution in [-0.2, 0) is 19.6 Å². The molecule has 0 aliphatic carbocycles. The van der Waals surface area contributed by atoms with E-state index >= 15 is 0 Å². The van der Waals surface area contributed by atoms with E-state index in [-0.39, 0.29) is 36.7 Å². The fraction of sp³-hybridized carbons (Fsp3) is 0.941. The minimum Gasteiger partial charge on any atom is -0.377 e. The van der Waals surface area contributed by atoms with Crippen LogP contribution in [0.1, 0.15) is 45.4 Å². The molecule has 0 aromatic carbocycles. The summed E-state index contributed by atoms with van der Waals surface area (Å²) in [6.45, 7) is 5.30. The molecule has 0 radical (unpaired) electrons. The lowest BCUT2D eigenvalue weighted by Gasteiger charge is -2.28. The summed E-state index contributed by atoms with van der Waals surface area (Å²) < 4.78 is 32.1. The van der Waals surface area contributed by atoms with E-state index in [1.54, 1.807) is 0 Å². The number of sulfonamides is 1. The summed E-state index contributed by atoms with van der Waals surface area (Å²) in [7, 11) is -3.38. The van der Waals surface area contributed by atoms with Gasteiger partial charge in [0.25, 0.3) is 0 Å². The van der Waals surface area contributed by atoms with E-state index in [1.165, 1.54) is 0 Å². The molecule has 0 saturated carbocycles. The molecule has 1 amide bonds. The molecule has 0 aromatic heterocycles. The summed E-state index contributed by atoms with van der Waals surface area (Å²) in [4.78, 5) is 12.0. The van der Waals surface area contributed by atoms with Crippen LogP contribution in [0.5, 0.6) is 0 Å². The third-order valence-corrected chi connectivity index (χ3v) is 6.49.